The molecule has 76 valence electrons. The lowest BCUT2D eigenvalue weighted by atomic mass is 10.2. The molecule has 0 atom stereocenters. The molecule has 0 fully saturated rings. The molecule has 0 aliphatic rings. The Balaban J connectivity index is 2.51. The minimum atomic E-state index is 0.214. The topological polar surface area (TPSA) is 61.9 Å². The standard InChI is InChI=1S/C10H14BrN3/c1-7-6-8(2-3-9(7)11)14-5-4-10(12)13/h2-3,6,14H,4-5H2,1H3,(H3,12,13). The second kappa shape index (κ2) is 5.00. The third-order valence-electron chi connectivity index (χ3n) is 1.88. The Morgan fingerprint density at radius 2 is 2.29 bits per heavy atom. The van der Waals surface area contributed by atoms with Gasteiger partial charge < -0.3 is 11.1 Å². The van der Waals surface area contributed by atoms with E-state index in [9.17, 15) is 0 Å². The summed E-state index contributed by atoms with van der Waals surface area (Å²) in [5.41, 5.74) is 7.50. The van der Waals surface area contributed by atoms with Crippen LogP contribution < -0.4 is 11.1 Å². The summed E-state index contributed by atoms with van der Waals surface area (Å²) in [6, 6.07) is 6.06. The molecule has 1 rings (SSSR count). The Kier molecular flexibility index (Phi) is 3.95. The lowest BCUT2D eigenvalue weighted by molar-refractivity contribution is 1.08. The number of aryl methyl sites for hydroxylation is 1. The molecule has 0 bridgehead atoms. The third kappa shape index (κ3) is 3.38. The normalized spacial score (nSPS) is 9.86. The lowest BCUT2D eigenvalue weighted by Crippen LogP contribution is -2.15. The lowest BCUT2D eigenvalue weighted by Gasteiger charge is -2.07. The molecule has 0 amide bonds. The highest BCUT2D eigenvalue weighted by Crippen LogP contribution is 2.19. The van der Waals surface area contributed by atoms with Crippen LogP contribution in [0.15, 0.2) is 22.7 Å². The Bertz CT molecular complexity index is 336. The van der Waals surface area contributed by atoms with E-state index in [4.69, 9.17) is 11.1 Å². The molecule has 0 aliphatic heterocycles. The molecule has 0 saturated carbocycles. The minimum absolute atomic E-state index is 0.214. The van der Waals surface area contributed by atoms with Gasteiger partial charge in [0.2, 0.25) is 0 Å². The Morgan fingerprint density at radius 3 is 2.86 bits per heavy atom. The summed E-state index contributed by atoms with van der Waals surface area (Å²) >= 11 is 3.44. The van der Waals surface area contributed by atoms with E-state index in [2.05, 4.69) is 27.3 Å². The van der Waals surface area contributed by atoms with Crippen molar-refractivity contribution in [3.8, 4) is 0 Å². The summed E-state index contributed by atoms with van der Waals surface area (Å²) in [5.74, 6) is 0.214. The van der Waals surface area contributed by atoms with Crippen molar-refractivity contribution < 1.29 is 0 Å². The van der Waals surface area contributed by atoms with Crippen LogP contribution in [0.2, 0.25) is 0 Å². The number of amidine groups is 1. The second-order valence-electron chi connectivity index (χ2n) is 3.17. The zero-order valence-electron chi connectivity index (χ0n) is 8.10. The number of halogens is 1. The molecule has 3 nitrogen and oxygen atoms in total. The predicted octanol–water partition coefficient (Wildman–Crippen LogP) is 2.50. The number of nitrogens with one attached hydrogen (secondary N) is 2. The first kappa shape index (κ1) is 11.0. The average Bonchev–Trinajstić information content (AvgIpc) is 2.10. The summed E-state index contributed by atoms with van der Waals surface area (Å²) in [7, 11) is 0. The number of hydrogen-bond donors (Lipinski definition) is 3. The van der Waals surface area contributed by atoms with Crippen molar-refractivity contribution >= 4 is 27.5 Å². The maximum Gasteiger partial charge on any atom is 0.0923 e. The highest BCUT2D eigenvalue weighted by molar-refractivity contribution is 9.10. The van der Waals surface area contributed by atoms with Crippen LogP contribution in [0, 0.1) is 12.3 Å². The van der Waals surface area contributed by atoms with Gasteiger partial charge in [-0.15, -0.1) is 0 Å². The van der Waals surface area contributed by atoms with Crippen LogP contribution in [-0.4, -0.2) is 12.4 Å². The third-order valence-corrected chi connectivity index (χ3v) is 2.77. The van der Waals surface area contributed by atoms with E-state index >= 15 is 0 Å². The van der Waals surface area contributed by atoms with E-state index in [1.807, 2.05) is 19.1 Å². The second-order valence-corrected chi connectivity index (χ2v) is 4.02. The summed E-state index contributed by atoms with van der Waals surface area (Å²) in [6.07, 6.45) is 0.578. The monoisotopic (exact) mass is 255 g/mol. The Hall–Kier alpha value is -1.03. The largest absolute Gasteiger partial charge is 0.388 e. The van der Waals surface area contributed by atoms with Gasteiger partial charge in [0.1, 0.15) is 0 Å². The van der Waals surface area contributed by atoms with Crippen molar-refractivity contribution in [3.05, 3.63) is 28.2 Å². The molecule has 0 unspecified atom stereocenters. The van der Waals surface area contributed by atoms with Crippen molar-refractivity contribution in [1.29, 1.82) is 5.41 Å². The van der Waals surface area contributed by atoms with Crippen LogP contribution in [0.3, 0.4) is 0 Å². The van der Waals surface area contributed by atoms with Gasteiger partial charge in [-0.2, -0.15) is 0 Å². The van der Waals surface area contributed by atoms with E-state index in [0.717, 1.165) is 10.2 Å². The molecular weight excluding hydrogens is 242 g/mol. The van der Waals surface area contributed by atoms with Crippen LogP contribution in [0.25, 0.3) is 0 Å². The first-order valence-electron chi connectivity index (χ1n) is 4.42. The zero-order chi connectivity index (χ0) is 10.6. The molecule has 1 aromatic rings. The van der Waals surface area contributed by atoms with Gasteiger partial charge >= 0.3 is 0 Å². The fourth-order valence-electron chi connectivity index (χ4n) is 1.10. The van der Waals surface area contributed by atoms with Crippen LogP contribution in [0.5, 0.6) is 0 Å². The van der Waals surface area contributed by atoms with Crippen molar-refractivity contribution in [2.75, 3.05) is 11.9 Å². The van der Waals surface area contributed by atoms with Gasteiger partial charge in [-0.25, -0.2) is 0 Å². The highest BCUT2D eigenvalue weighted by Gasteiger charge is 1.96. The fraction of sp³-hybridized carbons (Fsp3) is 0.300. The zero-order valence-corrected chi connectivity index (χ0v) is 9.69. The summed E-state index contributed by atoms with van der Waals surface area (Å²) in [6.45, 7) is 2.75. The van der Waals surface area contributed by atoms with Crippen LogP contribution in [0.4, 0.5) is 5.69 Å². The molecular formula is C10H14BrN3. The van der Waals surface area contributed by atoms with E-state index < -0.39 is 0 Å². The molecule has 0 spiro atoms. The van der Waals surface area contributed by atoms with Gasteiger partial charge in [0.25, 0.3) is 0 Å². The molecule has 0 radical (unpaired) electrons. The maximum atomic E-state index is 7.07. The van der Waals surface area contributed by atoms with Gasteiger partial charge in [0.05, 0.1) is 5.84 Å². The smallest absolute Gasteiger partial charge is 0.0923 e. The highest BCUT2D eigenvalue weighted by atomic mass is 79.9. The van der Waals surface area contributed by atoms with Gasteiger partial charge in [-0.3, -0.25) is 5.41 Å². The Labute approximate surface area is 92.3 Å². The molecule has 0 heterocycles. The Morgan fingerprint density at radius 1 is 1.57 bits per heavy atom. The van der Waals surface area contributed by atoms with E-state index in [1.54, 1.807) is 0 Å². The quantitative estimate of drug-likeness (QED) is 0.572. The SMILES string of the molecule is Cc1cc(NCCC(=N)N)ccc1Br. The van der Waals surface area contributed by atoms with Crippen molar-refractivity contribution in [3.63, 3.8) is 0 Å². The van der Waals surface area contributed by atoms with E-state index in [0.29, 0.717) is 13.0 Å². The molecule has 0 aromatic heterocycles. The fourth-order valence-corrected chi connectivity index (χ4v) is 1.34. The van der Waals surface area contributed by atoms with Crippen molar-refractivity contribution in [2.45, 2.75) is 13.3 Å². The number of hydrogen-bond acceptors (Lipinski definition) is 2. The molecule has 0 aliphatic carbocycles. The molecule has 14 heavy (non-hydrogen) atoms. The van der Waals surface area contributed by atoms with E-state index in [-0.39, 0.29) is 5.84 Å². The summed E-state index contributed by atoms with van der Waals surface area (Å²) in [4.78, 5) is 0. The van der Waals surface area contributed by atoms with Gasteiger partial charge in [-0.05, 0) is 30.7 Å². The van der Waals surface area contributed by atoms with Crippen molar-refractivity contribution in [1.82, 2.24) is 0 Å². The number of benzene rings is 1. The summed E-state index contributed by atoms with van der Waals surface area (Å²) in [5, 5.41) is 10.3. The molecule has 4 N–H and O–H groups in total. The first-order valence-corrected chi connectivity index (χ1v) is 5.22. The van der Waals surface area contributed by atoms with Gasteiger partial charge in [0, 0.05) is 23.1 Å². The van der Waals surface area contributed by atoms with E-state index in [1.165, 1.54) is 5.56 Å². The summed E-state index contributed by atoms with van der Waals surface area (Å²) < 4.78 is 1.11. The number of nitrogens with two attached hydrogens (primary N) is 1. The van der Waals surface area contributed by atoms with Crippen LogP contribution in [0.1, 0.15) is 12.0 Å². The minimum Gasteiger partial charge on any atom is -0.388 e. The van der Waals surface area contributed by atoms with Gasteiger partial charge in [0.15, 0.2) is 0 Å². The van der Waals surface area contributed by atoms with Crippen LogP contribution >= 0.6 is 15.9 Å². The molecule has 0 saturated heterocycles. The first-order chi connectivity index (χ1) is 6.59. The predicted molar refractivity (Wildman–Crippen MR) is 63.9 cm³/mol. The maximum absolute atomic E-state index is 7.07. The number of rotatable bonds is 4. The van der Waals surface area contributed by atoms with Gasteiger partial charge in [-0.1, -0.05) is 15.9 Å². The van der Waals surface area contributed by atoms with Crippen molar-refractivity contribution in [2.24, 2.45) is 5.73 Å². The van der Waals surface area contributed by atoms with Crippen LogP contribution in [-0.2, 0) is 0 Å². The molecule has 1 aromatic carbocycles. The molecule has 4 heteroatoms. The average molecular weight is 256 g/mol. The number of anilines is 1.